The molecular formula is C30H32N3O4. The Hall–Kier alpha value is -3.84. The van der Waals surface area contributed by atoms with Crippen LogP contribution in [0.3, 0.4) is 0 Å². The molecule has 191 valence electrons. The summed E-state index contributed by atoms with van der Waals surface area (Å²) in [6.07, 6.45) is 6.93. The number of nitrogens with one attached hydrogen (secondary N) is 2. The zero-order chi connectivity index (χ0) is 25.8. The number of hydrogen-bond acceptors (Lipinski definition) is 5. The van der Waals surface area contributed by atoms with Crippen molar-refractivity contribution in [1.29, 1.82) is 5.41 Å². The Morgan fingerprint density at radius 3 is 2.08 bits per heavy atom. The average molecular weight is 499 g/mol. The van der Waals surface area contributed by atoms with Crippen LogP contribution in [0.1, 0.15) is 60.0 Å². The summed E-state index contributed by atoms with van der Waals surface area (Å²) < 4.78 is 12.2. The molecule has 2 unspecified atom stereocenters. The first-order valence-corrected chi connectivity index (χ1v) is 12.8. The van der Waals surface area contributed by atoms with E-state index in [-0.39, 0.29) is 11.7 Å². The standard InChI is InChI=1S/C30H32N3O4/c1-20-8-12-24(13-9-20)36-26-17-23(30(34)33-16-4-6-21-5-2-3-7-28(21)33)18-27(19-26)37-25-14-10-22(11-15-25)29(31)32-35/h8-15,17-19,21,28,35H,1-7,16H2,(H2,31,32). The van der Waals surface area contributed by atoms with Crippen LogP contribution in [0.5, 0.6) is 23.0 Å². The van der Waals surface area contributed by atoms with Crippen LogP contribution in [-0.4, -0.2) is 34.4 Å². The minimum atomic E-state index is -0.106. The average Bonchev–Trinajstić information content (AvgIpc) is 2.93. The van der Waals surface area contributed by atoms with Crippen LogP contribution in [0.15, 0.2) is 66.7 Å². The Balaban J connectivity index is 1.44. The Labute approximate surface area is 217 Å². The molecule has 2 atom stereocenters. The van der Waals surface area contributed by atoms with E-state index in [9.17, 15) is 4.79 Å². The third kappa shape index (κ3) is 5.78. The van der Waals surface area contributed by atoms with Crippen LogP contribution in [0.4, 0.5) is 0 Å². The molecule has 0 aromatic heterocycles. The first kappa shape index (κ1) is 24.8. The maximum atomic E-state index is 13.8. The molecule has 3 aromatic rings. The van der Waals surface area contributed by atoms with Gasteiger partial charge in [-0.1, -0.05) is 25.0 Å². The van der Waals surface area contributed by atoms with E-state index in [1.807, 2.05) is 29.7 Å². The molecular weight excluding hydrogens is 466 g/mol. The number of nitrogens with zero attached hydrogens (tertiary/aromatic N) is 1. The van der Waals surface area contributed by atoms with Crippen LogP contribution in [0.2, 0.25) is 0 Å². The van der Waals surface area contributed by atoms with Gasteiger partial charge in [-0.25, -0.2) is 0 Å². The molecule has 1 aliphatic carbocycles. The quantitative estimate of drug-likeness (QED) is 0.203. The first-order chi connectivity index (χ1) is 18.0. The van der Waals surface area contributed by atoms with Gasteiger partial charge in [0.1, 0.15) is 28.8 Å². The van der Waals surface area contributed by atoms with Gasteiger partial charge in [-0.15, -0.1) is 0 Å². The van der Waals surface area contributed by atoms with E-state index in [1.165, 1.54) is 25.7 Å². The number of fused-ring (bicyclic) bond motifs is 1. The smallest absolute Gasteiger partial charge is 0.254 e. The van der Waals surface area contributed by atoms with E-state index in [0.717, 1.165) is 24.9 Å². The maximum absolute atomic E-state index is 13.8. The molecule has 7 heteroatoms. The summed E-state index contributed by atoms with van der Waals surface area (Å²) in [6.45, 7) is 4.69. The van der Waals surface area contributed by atoms with Crippen LogP contribution in [-0.2, 0) is 0 Å². The summed E-state index contributed by atoms with van der Waals surface area (Å²) in [5.74, 6) is 2.68. The van der Waals surface area contributed by atoms with Gasteiger partial charge >= 0.3 is 0 Å². The molecule has 3 N–H and O–H groups in total. The minimum Gasteiger partial charge on any atom is -0.457 e. The highest BCUT2D eigenvalue weighted by Crippen LogP contribution is 2.37. The second kappa shape index (κ2) is 11.0. The van der Waals surface area contributed by atoms with Gasteiger partial charge in [0.25, 0.3) is 5.91 Å². The zero-order valence-electron chi connectivity index (χ0n) is 20.8. The summed E-state index contributed by atoms with van der Waals surface area (Å²) in [6, 6.07) is 19.8. The fraction of sp³-hybridized carbons (Fsp3) is 0.300. The van der Waals surface area contributed by atoms with E-state index in [2.05, 4.69) is 11.8 Å². The topological polar surface area (TPSA) is 94.9 Å². The summed E-state index contributed by atoms with van der Waals surface area (Å²) in [4.78, 5) is 15.9. The van der Waals surface area contributed by atoms with Gasteiger partial charge in [-0.3, -0.25) is 20.9 Å². The summed E-state index contributed by atoms with van der Waals surface area (Å²) >= 11 is 0. The zero-order valence-corrected chi connectivity index (χ0v) is 20.8. The van der Waals surface area contributed by atoms with E-state index < -0.39 is 0 Å². The molecule has 1 heterocycles. The number of benzene rings is 3. The SMILES string of the molecule is [CH2]c1ccc(Oc2cc(Oc3ccc(C(=N)NO)cc3)cc(C(=O)N3CCCC4CCCCC43)c2)cc1. The lowest BCUT2D eigenvalue weighted by Gasteiger charge is -2.44. The van der Waals surface area contributed by atoms with Crippen LogP contribution >= 0.6 is 0 Å². The lowest BCUT2D eigenvalue weighted by molar-refractivity contribution is 0.0390. The molecule has 1 saturated heterocycles. The molecule has 1 aliphatic heterocycles. The number of rotatable bonds is 6. The predicted octanol–water partition coefficient (Wildman–Crippen LogP) is 6.55. The molecule has 3 aromatic carbocycles. The van der Waals surface area contributed by atoms with Gasteiger partial charge in [0, 0.05) is 29.8 Å². The number of amides is 1. The molecule has 7 nitrogen and oxygen atoms in total. The highest BCUT2D eigenvalue weighted by Gasteiger charge is 2.36. The largest absolute Gasteiger partial charge is 0.457 e. The van der Waals surface area contributed by atoms with Crippen molar-refractivity contribution in [2.24, 2.45) is 5.92 Å². The summed E-state index contributed by atoms with van der Waals surface area (Å²) in [5.41, 5.74) is 3.78. The maximum Gasteiger partial charge on any atom is 0.254 e. The number of piperidine rings is 1. The highest BCUT2D eigenvalue weighted by molar-refractivity contribution is 5.96. The molecule has 1 saturated carbocycles. The molecule has 5 rings (SSSR count). The lowest BCUT2D eigenvalue weighted by Crippen LogP contribution is -2.49. The number of hydrogen-bond donors (Lipinski definition) is 3. The number of carbonyl (C=O) groups is 1. The van der Waals surface area contributed by atoms with E-state index in [0.29, 0.717) is 46.1 Å². The van der Waals surface area contributed by atoms with Crippen molar-refractivity contribution >= 4 is 11.7 Å². The van der Waals surface area contributed by atoms with Crippen LogP contribution in [0, 0.1) is 18.3 Å². The number of likely N-dealkylation sites (tertiary alicyclic amines) is 1. The van der Waals surface area contributed by atoms with Gasteiger partial charge in [-0.2, -0.15) is 0 Å². The first-order valence-electron chi connectivity index (χ1n) is 12.8. The van der Waals surface area contributed by atoms with Crippen molar-refractivity contribution in [1.82, 2.24) is 10.4 Å². The summed E-state index contributed by atoms with van der Waals surface area (Å²) in [7, 11) is 0. The van der Waals surface area contributed by atoms with Crippen molar-refractivity contribution in [2.75, 3.05) is 6.54 Å². The number of amidine groups is 1. The Kier molecular flexibility index (Phi) is 7.42. The minimum absolute atomic E-state index is 0.0119. The lowest BCUT2D eigenvalue weighted by atomic mass is 9.78. The van der Waals surface area contributed by atoms with Gasteiger partial charge < -0.3 is 14.4 Å². The normalized spacial score (nSPS) is 19.0. The predicted molar refractivity (Wildman–Crippen MR) is 142 cm³/mol. The van der Waals surface area contributed by atoms with Crippen LogP contribution < -0.4 is 15.0 Å². The molecule has 37 heavy (non-hydrogen) atoms. The van der Waals surface area contributed by atoms with Crippen molar-refractivity contribution in [3.8, 4) is 23.0 Å². The molecule has 1 amide bonds. The van der Waals surface area contributed by atoms with E-state index in [1.54, 1.807) is 42.5 Å². The van der Waals surface area contributed by atoms with Gasteiger partial charge in [0.2, 0.25) is 0 Å². The molecule has 0 spiro atoms. The monoisotopic (exact) mass is 498 g/mol. The van der Waals surface area contributed by atoms with Crippen molar-refractivity contribution in [2.45, 2.75) is 44.6 Å². The molecule has 2 fully saturated rings. The van der Waals surface area contributed by atoms with E-state index in [4.69, 9.17) is 20.1 Å². The fourth-order valence-corrected chi connectivity index (χ4v) is 5.44. The molecule has 0 bridgehead atoms. The Morgan fingerprint density at radius 1 is 0.838 bits per heavy atom. The fourth-order valence-electron chi connectivity index (χ4n) is 5.44. The highest BCUT2D eigenvalue weighted by atomic mass is 16.5. The Bertz CT molecular complexity index is 1250. The van der Waals surface area contributed by atoms with Gasteiger partial charge in [0.05, 0.1) is 0 Å². The van der Waals surface area contributed by atoms with Crippen LogP contribution in [0.25, 0.3) is 0 Å². The number of ether oxygens (including phenoxy) is 2. The molecule has 2 aliphatic rings. The molecule has 1 radical (unpaired) electrons. The van der Waals surface area contributed by atoms with Crippen molar-refractivity contribution in [3.05, 3.63) is 90.3 Å². The summed E-state index contributed by atoms with van der Waals surface area (Å²) in [5, 5.41) is 16.7. The van der Waals surface area contributed by atoms with Crippen molar-refractivity contribution < 1.29 is 19.5 Å². The third-order valence-electron chi connectivity index (χ3n) is 7.28. The Morgan fingerprint density at radius 2 is 1.43 bits per heavy atom. The van der Waals surface area contributed by atoms with Gasteiger partial charge in [-0.05, 0) is 92.6 Å². The number of carbonyl (C=O) groups excluding carboxylic acids is 1. The second-order valence-corrected chi connectivity index (χ2v) is 9.81. The van der Waals surface area contributed by atoms with E-state index >= 15 is 0 Å². The number of hydroxylamine groups is 1. The third-order valence-corrected chi connectivity index (χ3v) is 7.28. The van der Waals surface area contributed by atoms with Crippen molar-refractivity contribution in [3.63, 3.8) is 0 Å². The second-order valence-electron chi connectivity index (χ2n) is 9.81. The van der Waals surface area contributed by atoms with Gasteiger partial charge in [0.15, 0.2) is 0 Å².